The molecule has 0 saturated carbocycles. The molecule has 1 unspecified atom stereocenters. The molecule has 0 aliphatic heterocycles. The lowest BCUT2D eigenvalue weighted by atomic mass is 10.1. The van der Waals surface area contributed by atoms with E-state index in [-0.39, 0.29) is 4.83 Å². The van der Waals surface area contributed by atoms with Gasteiger partial charge in [-0.05, 0) is 36.2 Å². The molecule has 1 atom stereocenters. The lowest BCUT2D eigenvalue weighted by molar-refractivity contribution is 0.414. The Bertz CT molecular complexity index is 538. The summed E-state index contributed by atoms with van der Waals surface area (Å²) in [5.74, 6) is 0.781. The molecular weight excluding hydrogens is 332 g/mol. The van der Waals surface area contributed by atoms with Crippen molar-refractivity contribution in [2.75, 3.05) is 7.11 Å². The van der Waals surface area contributed by atoms with E-state index in [0.717, 1.165) is 22.8 Å². The van der Waals surface area contributed by atoms with E-state index in [9.17, 15) is 0 Å². The Hall–Kier alpha value is -0.510. The number of ether oxygens (including phenoxy) is 1. The van der Waals surface area contributed by atoms with E-state index in [1.54, 1.807) is 7.11 Å². The summed E-state index contributed by atoms with van der Waals surface area (Å²) >= 11 is 11.8. The van der Waals surface area contributed by atoms with Crippen molar-refractivity contribution in [3.05, 3.63) is 50.7 Å². The average molecular weight is 346 g/mol. The van der Waals surface area contributed by atoms with Crippen LogP contribution in [-0.2, 0) is 6.42 Å². The fourth-order valence-electron chi connectivity index (χ4n) is 1.71. The predicted molar refractivity (Wildman–Crippen MR) is 82.5 cm³/mol. The number of methoxy groups -OCH3 is 1. The Morgan fingerprint density at radius 3 is 2.67 bits per heavy atom. The lowest BCUT2D eigenvalue weighted by Gasteiger charge is -2.11. The maximum Gasteiger partial charge on any atom is 0.120 e. The number of halogens is 2. The molecule has 0 N–H and O–H groups in total. The van der Waals surface area contributed by atoms with Gasteiger partial charge in [0.1, 0.15) is 5.75 Å². The molecule has 0 bridgehead atoms. The van der Waals surface area contributed by atoms with E-state index in [1.165, 1.54) is 9.75 Å². The van der Waals surface area contributed by atoms with Crippen LogP contribution in [0.2, 0.25) is 5.02 Å². The summed E-state index contributed by atoms with van der Waals surface area (Å²) in [5.41, 5.74) is 1.07. The van der Waals surface area contributed by atoms with Gasteiger partial charge in [-0.15, -0.1) is 11.3 Å². The first kappa shape index (κ1) is 13.9. The van der Waals surface area contributed by atoms with Gasteiger partial charge in [0.15, 0.2) is 0 Å². The minimum atomic E-state index is 0.140. The Balaban J connectivity index is 2.30. The summed E-state index contributed by atoms with van der Waals surface area (Å²) in [6.07, 6.45) is 1.07. The van der Waals surface area contributed by atoms with Gasteiger partial charge in [0.2, 0.25) is 0 Å². The normalized spacial score (nSPS) is 12.4. The van der Waals surface area contributed by atoms with E-state index in [0.29, 0.717) is 0 Å². The molecule has 18 heavy (non-hydrogen) atoms. The van der Waals surface area contributed by atoms with Crippen LogP contribution in [0.1, 0.15) is 27.1 Å². The van der Waals surface area contributed by atoms with Crippen LogP contribution in [0, 0.1) is 0 Å². The van der Waals surface area contributed by atoms with Crippen LogP contribution in [0.3, 0.4) is 0 Å². The van der Waals surface area contributed by atoms with E-state index in [4.69, 9.17) is 16.3 Å². The SMILES string of the molecule is CCc1ccc(C(Br)c2ccc(OC)cc2Cl)s1. The zero-order chi connectivity index (χ0) is 13.1. The van der Waals surface area contributed by atoms with Crippen molar-refractivity contribution >= 4 is 38.9 Å². The second-order valence-electron chi connectivity index (χ2n) is 3.91. The summed E-state index contributed by atoms with van der Waals surface area (Å²) < 4.78 is 5.16. The van der Waals surface area contributed by atoms with Crippen LogP contribution >= 0.6 is 38.9 Å². The van der Waals surface area contributed by atoms with Crippen LogP contribution in [0.25, 0.3) is 0 Å². The van der Waals surface area contributed by atoms with Gasteiger partial charge in [0, 0.05) is 14.8 Å². The molecule has 2 rings (SSSR count). The largest absolute Gasteiger partial charge is 0.497 e. The highest BCUT2D eigenvalue weighted by Gasteiger charge is 2.16. The van der Waals surface area contributed by atoms with Gasteiger partial charge in [-0.1, -0.05) is 40.5 Å². The van der Waals surface area contributed by atoms with Crippen molar-refractivity contribution in [2.45, 2.75) is 18.2 Å². The first-order valence-corrected chi connectivity index (χ1v) is 7.82. The first-order chi connectivity index (χ1) is 8.65. The minimum absolute atomic E-state index is 0.140. The fraction of sp³-hybridized carbons (Fsp3) is 0.286. The Labute approximate surface area is 125 Å². The molecule has 1 aromatic heterocycles. The smallest absolute Gasteiger partial charge is 0.120 e. The molecule has 1 heterocycles. The highest BCUT2D eigenvalue weighted by molar-refractivity contribution is 9.09. The van der Waals surface area contributed by atoms with Gasteiger partial charge in [-0.2, -0.15) is 0 Å². The molecule has 0 spiro atoms. The summed E-state index contributed by atoms with van der Waals surface area (Å²) in [5, 5.41) is 0.725. The van der Waals surface area contributed by atoms with Gasteiger partial charge in [-0.25, -0.2) is 0 Å². The molecule has 4 heteroatoms. The third-order valence-corrected chi connectivity index (χ3v) is 5.67. The second kappa shape index (κ2) is 6.09. The van der Waals surface area contributed by atoms with Crippen LogP contribution in [0.15, 0.2) is 30.3 Å². The standard InChI is InChI=1S/C14H14BrClOS/c1-3-10-5-7-13(18-10)14(15)11-6-4-9(17-2)8-12(11)16/h4-8,14H,3H2,1-2H3. The van der Waals surface area contributed by atoms with Crippen LogP contribution in [-0.4, -0.2) is 7.11 Å². The van der Waals surface area contributed by atoms with Crippen molar-refractivity contribution in [1.82, 2.24) is 0 Å². The summed E-state index contributed by atoms with van der Waals surface area (Å²) in [6, 6.07) is 10.1. The van der Waals surface area contributed by atoms with Gasteiger partial charge in [0.25, 0.3) is 0 Å². The van der Waals surface area contributed by atoms with Crippen LogP contribution in [0.5, 0.6) is 5.75 Å². The first-order valence-electron chi connectivity index (χ1n) is 5.71. The van der Waals surface area contributed by atoms with E-state index < -0.39 is 0 Å². The van der Waals surface area contributed by atoms with Gasteiger partial charge < -0.3 is 4.74 Å². The minimum Gasteiger partial charge on any atom is -0.497 e. The van der Waals surface area contributed by atoms with Crippen molar-refractivity contribution in [3.8, 4) is 5.75 Å². The number of alkyl halides is 1. The lowest BCUT2D eigenvalue weighted by Crippen LogP contribution is -1.92. The van der Waals surface area contributed by atoms with Crippen LogP contribution in [0.4, 0.5) is 0 Å². The fourth-order valence-corrected chi connectivity index (χ4v) is 3.91. The molecule has 0 radical (unpaired) electrons. The number of hydrogen-bond acceptors (Lipinski definition) is 2. The molecule has 0 saturated heterocycles. The average Bonchev–Trinajstić information content (AvgIpc) is 2.86. The number of benzene rings is 1. The number of aryl methyl sites for hydroxylation is 1. The predicted octanol–water partition coefficient (Wildman–Crippen LogP) is 5.46. The van der Waals surface area contributed by atoms with E-state index in [2.05, 4.69) is 35.0 Å². The highest BCUT2D eigenvalue weighted by atomic mass is 79.9. The third kappa shape index (κ3) is 2.90. The molecule has 1 aromatic carbocycles. The van der Waals surface area contributed by atoms with Crippen LogP contribution < -0.4 is 4.74 Å². The van der Waals surface area contributed by atoms with Gasteiger partial charge in [-0.3, -0.25) is 0 Å². The third-order valence-electron chi connectivity index (χ3n) is 2.76. The van der Waals surface area contributed by atoms with Crippen molar-refractivity contribution < 1.29 is 4.74 Å². The zero-order valence-corrected chi connectivity index (χ0v) is 13.4. The molecule has 1 nitrogen and oxygen atoms in total. The topological polar surface area (TPSA) is 9.23 Å². The molecule has 0 aliphatic carbocycles. The highest BCUT2D eigenvalue weighted by Crippen LogP contribution is 2.39. The van der Waals surface area contributed by atoms with E-state index >= 15 is 0 Å². The number of thiophene rings is 1. The molecule has 0 aliphatic rings. The van der Waals surface area contributed by atoms with Gasteiger partial charge >= 0.3 is 0 Å². The molecule has 0 fully saturated rings. The molecule has 0 amide bonds. The summed E-state index contributed by atoms with van der Waals surface area (Å²) in [4.78, 5) is 2.80. The molecular formula is C14H14BrClOS. The number of hydrogen-bond donors (Lipinski definition) is 0. The van der Waals surface area contributed by atoms with Crippen molar-refractivity contribution in [1.29, 1.82) is 0 Å². The van der Waals surface area contributed by atoms with E-state index in [1.807, 2.05) is 29.5 Å². The molecule has 2 aromatic rings. The van der Waals surface area contributed by atoms with Crippen molar-refractivity contribution in [2.24, 2.45) is 0 Å². The zero-order valence-electron chi connectivity index (χ0n) is 10.2. The molecule has 96 valence electrons. The monoisotopic (exact) mass is 344 g/mol. The number of rotatable bonds is 4. The Kier molecular flexibility index (Phi) is 4.71. The maximum absolute atomic E-state index is 6.29. The Morgan fingerprint density at radius 2 is 2.11 bits per heavy atom. The Morgan fingerprint density at radius 1 is 1.33 bits per heavy atom. The maximum atomic E-state index is 6.29. The van der Waals surface area contributed by atoms with Gasteiger partial charge in [0.05, 0.1) is 11.9 Å². The summed E-state index contributed by atoms with van der Waals surface area (Å²) in [7, 11) is 1.64. The summed E-state index contributed by atoms with van der Waals surface area (Å²) in [6.45, 7) is 2.17. The van der Waals surface area contributed by atoms with Crippen molar-refractivity contribution in [3.63, 3.8) is 0 Å². The quantitative estimate of drug-likeness (QED) is 0.669. The second-order valence-corrected chi connectivity index (χ2v) is 6.43.